The first-order valence-electron chi connectivity index (χ1n) is 9.89. The minimum atomic E-state index is -0.135. The summed E-state index contributed by atoms with van der Waals surface area (Å²) < 4.78 is 13.1. The van der Waals surface area contributed by atoms with E-state index in [4.69, 9.17) is 14.5 Å². The first-order chi connectivity index (χ1) is 14.7. The van der Waals surface area contributed by atoms with Crippen LogP contribution in [0.15, 0.2) is 66.7 Å². The van der Waals surface area contributed by atoms with Crippen LogP contribution in [0.4, 0.5) is 5.69 Å². The number of fused-ring (bicyclic) bond motifs is 2. The molecule has 1 amide bonds. The van der Waals surface area contributed by atoms with Crippen LogP contribution in [0.5, 0.6) is 11.5 Å². The van der Waals surface area contributed by atoms with Crippen LogP contribution >= 0.6 is 0 Å². The van der Waals surface area contributed by atoms with Crippen molar-refractivity contribution in [3.05, 3.63) is 72.3 Å². The number of nitrogens with one attached hydrogen (secondary N) is 1. The van der Waals surface area contributed by atoms with Crippen molar-refractivity contribution in [1.29, 1.82) is 0 Å². The van der Waals surface area contributed by atoms with Crippen LogP contribution in [0.25, 0.3) is 22.4 Å². The Morgan fingerprint density at radius 3 is 2.70 bits per heavy atom. The van der Waals surface area contributed by atoms with Crippen LogP contribution in [0, 0.1) is 6.92 Å². The highest BCUT2D eigenvalue weighted by molar-refractivity contribution is 5.93. The molecule has 0 bridgehead atoms. The number of carbonyl (C=O) groups excluding carboxylic acids is 1. The maximum Gasteiger partial charge on any atom is 0.244 e. The van der Waals surface area contributed by atoms with Crippen molar-refractivity contribution < 1.29 is 14.3 Å². The van der Waals surface area contributed by atoms with E-state index in [9.17, 15) is 4.79 Å². The molecule has 1 aliphatic heterocycles. The molecule has 5 rings (SSSR count). The number of ether oxygens (including phenoxy) is 2. The summed E-state index contributed by atoms with van der Waals surface area (Å²) in [5.41, 5.74) is 4.59. The number of nitrogens with zero attached hydrogens (tertiary/aromatic N) is 2. The van der Waals surface area contributed by atoms with Gasteiger partial charge < -0.3 is 19.4 Å². The van der Waals surface area contributed by atoms with Gasteiger partial charge in [-0.1, -0.05) is 35.9 Å². The lowest BCUT2D eigenvalue weighted by Crippen LogP contribution is -2.20. The van der Waals surface area contributed by atoms with Crippen molar-refractivity contribution in [2.75, 3.05) is 18.5 Å². The van der Waals surface area contributed by atoms with E-state index in [1.54, 1.807) is 6.07 Å². The van der Waals surface area contributed by atoms with Crippen molar-refractivity contribution in [3.8, 4) is 22.9 Å². The first-order valence-corrected chi connectivity index (χ1v) is 9.89. The molecule has 0 spiro atoms. The largest absolute Gasteiger partial charge is 0.486 e. The lowest BCUT2D eigenvalue weighted by Gasteiger charge is -2.19. The highest BCUT2D eigenvalue weighted by Gasteiger charge is 2.17. The molecule has 0 atom stereocenters. The van der Waals surface area contributed by atoms with E-state index in [1.165, 1.54) is 0 Å². The van der Waals surface area contributed by atoms with Gasteiger partial charge in [-0.05, 0) is 37.3 Å². The summed E-state index contributed by atoms with van der Waals surface area (Å²) in [5.74, 6) is 1.98. The molecule has 1 aliphatic rings. The van der Waals surface area contributed by atoms with Crippen LogP contribution in [-0.4, -0.2) is 28.7 Å². The van der Waals surface area contributed by atoms with E-state index in [1.807, 2.05) is 66.1 Å². The van der Waals surface area contributed by atoms with Gasteiger partial charge in [-0.2, -0.15) is 0 Å². The van der Waals surface area contributed by atoms with Gasteiger partial charge in [-0.15, -0.1) is 0 Å². The third kappa shape index (κ3) is 3.48. The monoisotopic (exact) mass is 399 g/mol. The standard InChI is InChI=1S/C24H21N3O3/c1-16-5-4-6-17(13-16)24-26-19-7-2-3-8-20(19)27(24)15-23(28)25-18-9-10-21-22(14-18)30-12-11-29-21/h2-10,13-14H,11-12,15H2,1H3,(H,25,28). The molecule has 150 valence electrons. The fraction of sp³-hybridized carbons (Fsp3) is 0.167. The third-order valence-electron chi connectivity index (χ3n) is 5.06. The first kappa shape index (κ1) is 18.2. The number of imidazole rings is 1. The molecule has 0 saturated carbocycles. The van der Waals surface area contributed by atoms with E-state index in [2.05, 4.69) is 11.4 Å². The summed E-state index contributed by atoms with van der Waals surface area (Å²) in [6, 6.07) is 21.4. The second kappa shape index (κ2) is 7.55. The number of aryl methyl sites for hydroxylation is 1. The van der Waals surface area contributed by atoms with Crippen molar-refractivity contribution in [2.45, 2.75) is 13.5 Å². The molecule has 1 N–H and O–H groups in total. The molecular weight excluding hydrogens is 378 g/mol. The smallest absolute Gasteiger partial charge is 0.244 e. The average Bonchev–Trinajstić information content (AvgIpc) is 3.12. The van der Waals surface area contributed by atoms with Crippen molar-refractivity contribution in [2.24, 2.45) is 0 Å². The Labute approximate surface area is 174 Å². The number of benzene rings is 3. The lowest BCUT2D eigenvalue weighted by molar-refractivity contribution is -0.116. The lowest BCUT2D eigenvalue weighted by atomic mass is 10.1. The number of hydrogen-bond acceptors (Lipinski definition) is 4. The number of amides is 1. The summed E-state index contributed by atoms with van der Waals surface area (Å²) in [7, 11) is 0. The molecule has 0 unspecified atom stereocenters. The van der Waals surface area contributed by atoms with Crippen molar-refractivity contribution in [1.82, 2.24) is 9.55 Å². The second-order valence-corrected chi connectivity index (χ2v) is 7.29. The van der Waals surface area contributed by atoms with E-state index >= 15 is 0 Å². The normalized spacial score (nSPS) is 12.7. The summed E-state index contributed by atoms with van der Waals surface area (Å²) in [5, 5.41) is 2.96. The minimum absolute atomic E-state index is 0.135. The molecule has 1 aromatic heterocycles. The molecular formula is C24H21N3O3. The highest BCUT2D eigenvalue weighted by Crippen LogP contribution is 2.32. The number of hydrogen-bond donors (Lipinski definition) is 1. The van der Waals surface area contributed by atoms with E-state index in [0.29, 0.717) is 30.4 Å². The summed E-state index contributed by atoms with van der Waals surface area (Å²) in [6.07, 6.45) is 0. The molecule has 0 aliphatic carbocycles. The van der Waals surface area contributed by atoms with Gasteiger partial charge in [0.05, 0.1) is 11.0 Å². The fourth-order valence-corrected chi connectivity index (χ4v) is 3.71. The predicted octanol–water partition coefficient (Wildman–Crippen LogP) is 4.42. The quantitative estimate of drug-likeness (QED) is 0.552. The number of aromatic nitrogens is 2. The molecule has 6 nitrogen and oxygen atoms in total. The maximum atomic E-state index is 12.9. The Hall–Kier alpha value is -3.80. The van der Waals surface area contributed by atoms with Gasteiger partial charge in [-0.25, -0.2) is 4.98 Å². The zero-order chi connectivity index (χ0) is 20.5. The summed E-state index contributed by atoms with van der Waals surface area (Å²) in [6.45, 7) is 3.24. The topological polar surface area (TPSA) is 65.4 Å². The molecule has 6 heteroatoms. The van der Waals surface area contributed by atoms with Crippen LogP contribution in [0.1, 0.15) is 5.56 Å². The van der Waals surface area contributed by atoms with Crippen molar-refractivity contribution >= 4 is 22.6 Å². The fourth-order valence-electron chi connectivity index (χ4n) is 3.71. The molecule has 0 saturated heterocycles. The third-order valence-corrected chi connectivity index (χ3v) is 5.06. The van der Waals surface area contributed by atoms with Crippen LogP contribution in [0.3, 0.4) is 0 Å². The second-order valence-electron chi connectivity index (χ2n) is 7.29. The zero-order valence-electron chi connectivity index (χ0n) is 16.6. The Bertz CT molecular complexity index is 1250. The summed E-state index contributed by atoms with van der Waals surface area (Å²) in [4.78, 5) is 17.7. The SMILES string of the molecule is Cc1cccc(-c2nc3ccccc3n2CC(=O)Nc2ccc3c(c2)OCCO3)c1. The van der Waals surface area contributed by atoms with Crippen molar-refractivity contribution in [3.63, 3.8) is 0 Å². The predicted molar refractivity (Wildman–Crippen MR) is 116 cm³/mol. The van der Waals surface area contributed by atoms with Gasteiger partial charge in [0.2, 0.25) is 5.91 Å². The number of carbonyl (C=O) groups is 1. The van der Waals surface area contributed by atoms with Crippen LogP contribution < -0.4 is 14.8 Å². The Kier molecular flexibility index (Phi) is 4.59. The minimum Gasteiger partial charge on any atom is -0.486 e. The molecule has 4 aromatic rings. The van der Waals surface area contributed by atoms with Crippen LogP contribution in [-0.2, 0) is 11.3 Å². The number of anilines is 1. The van der Waals surface area contributed by atoms with E-state index < -0.39 is 0 Å². The molecule has 2 heterocycles. The van der Waals surface area contributed by atoms with Gasteiger partial charge >= 0.3 is 0 Å². The van der Waals surface area contributed by atoms with E-state index in [-0.39, 0.29) is 12.5 Å². The van der Waals surface area contributed by atoms with Gasteiger partial charge in [0, 0.05) is 17.3 Å². The Morgan fingerprint density at radius 1 is 1.00 bits per heavy atom. The Morgan fingerprint density at radius 2 is 1.83 bits per heavy atom. The van der Waals surface area contributed by atoms with Crippen LogP contribution in [0.2, 0.25) is 0 Å². The summed E-state index contributed by atoms with van der Waals surface area (Å²) >= 11 is 0. The van der Waals surface area contributed by atoms with Gasteiger partial charge in [-0.3, -0.25) is 4.79 Å². The van der Waals surface area contributed by atoms with E-state index in [0.717, 1.165) is 28.0 Å². The molecule has 30 heavy (non-hydrogen) atoms. The number of rotatable bonds is 4. The van der Waals surface area contributed by atoms with Gasteiger partial charge in [0.25, 0.3) is 0 Å². The number of para-hydroxylation sites is 2. The highest BCUT2D eigenvalue weighted by atomic mass is 16.6. The zero-order valence-corrected chi connectivity index (χ0v) is 16.6. The molecule has 0 fully saturated rings. The average molecular weight is 399 g/mol. The molecule has 3 aromatic carbocycles. The Balaban J connectivity index is 1.46. The van der Waals surface area contributed by atoms with Gasteiger partial charge in [0.1, 0.15) is 25.6 Å². The molecule has 0 radical (unpaired) electrons. The maximum absolute atomic E-state index is 12.9. The van der Waals surface area contributed by atoms with Gasteiger partial charge in [0.15, 0.2) is 11.5 Å².